The topological polar surface area (TPSA) is 36.3 Å². The first-order valence-electron chi connectivity index (χ1n) is 6.54. The fraction of sp³-hybridized carbons (Fsp3) is 0.500. The van der Waals surface area contributed by atoms with Gasteiger partial charge in [0, 0.05) is 26.0 Å². The van der Waals surface area contributed by atoms with Gasteiger partial charge in [-0.15, -0.1) is 11.6 Å². The van der Waals surface area contributed by atoms with Gasteiger partial charge in [0.15, 0.2) is 0 Å². The molecule has 2 aromatic rings. The Morgan fingerprint density at radius 3 is 2.85 bits per heavy atom. The maximum Gasteiger partial charge on any atom is 0.111 e. The third-order valence-electron chi connectivity index (χ3n) is 3.02. The molecule has 1 aromatic heterocycles. The maximum atomic E-state index is 6.19. The second-order valence-electron chi connectivity index (χ2n) is 4.33. The molecule has 0 fully saturated rings. The van der Waals surface area contributed by atoms with Crippen LogP contribution in [0.3, 0.4) is 0 Å². The molecule has 0 saturated carbocycles. The van der Waals surface area contributed by atoms with E-state index in [-0.39, 0.29) is 0 Å². The molecule has 110 valence electrons. The van der Waals surface area contributed by atoms with Gasteiger partial charge in [-0.25, -0.2) is 4.98 Å². The van der Waals surface area contributed by atoms with Crippen LogP contribution in [-0.2, 0) is 22.4 Å². The highest BCUT2D eigenvalue weighted by atomic mass is 35.5. The summed E-state index contributed by atoms with van der Waals surface area (Å²) in [6, 6.07) is 5.79. The van der Waals surface area contributed by atoms with E-state index in [0.717, 1.165) is 23.4 Å². The predicted molar refractivity (Wildman–Crippen MR) is 81.9 cm³/mol. The van der Waals surface area contributed by atoms with E-state index in [2.05, 4.69) is 9.55 Å². The average Bonchev–Trinajstić information content (AvgIpc) is 2.79. The molecule has 0 saturated heterocycles. The minimum absolute atomic E-state index is 0.533. The molecule has 0 spiro atoms. The fourth-order valence-electron chi connectivity index (χ4n) is 2.09. The van der Waals surface area contributed by atoms with Crippen molar-refractivity contribution in [1.82, 2.24) is 9.55 Å². The number of ether oxygens (including phenoxy) is 2. The van der Waals surface area contributed by atoms with Gasteiger partial charge in [0.05, 0.1) is 30.4 Å². The van der Waals surface area contributed by atoms with Crippen LogP contribution < -0.4 is 0 Å². The van der Waals surface area contributed by atoms with E-state index < -0.39 is 0 Å². The molecule has 1 heterocycles. The standard InChI is InChI=1S/C14H18Cl2N2O2/c1-19-9-10-20-8-7-18-12-4-2-3-11(16)14(12)17-13(18)5-6-15/h2-4H,5-10H2,1H3. The summed E-state index contributed by atoms with van der Waals surface area (Å²) in [4.78, 5) is 4.58. The Kier molecular flexibility index (Phi) is 6.10. The number of aromatic nitrogens is 2. The van der Waals surface area contributed by atoms with E-state index >= 15 is 0 Å². The van der Waals surface area contributed by atoms with Crippen molar-refractivity contribution in [2.24, 2.45) is 0 Å². The molecule has 6 heteroatoms. The quantitative estimate of drug-likeness (QED) is 0.554. The number of nitrogens with zero attached hydrogens (tertiary/aromatic N) is 2. The number of hydrogen-bond donors (Lipinski definition) is 0. The lowest BCUT2D eigenvalue weighted by molar-refractivity contribution is 0.0667. The van der Waals surface area contributed by atoms with Crippen molar-refractivity contribution in [3.63, 3.8) is 0 Å². The number of rotatable bonds is 8. The van der Waals surface area contributed by atoms with Gasteiger partial charge >= 0.3 is 0 Å². The fourth-order valence-corrected chi connectivity index (χ4v) is 2.47. The third kappa shape index (κ3) is 3.64. The SMILES string of the molecule is COCCOCCn1c(CCCl)nc2c(Cl)cccc21. The van der Waals surface area contributed by atoms with Gasteiger partial charge in [-0.1, -0.05) is 17.7 Å². The summed E-state index contributed by atoms with van der Waals surface area (Å²) in [6.45, 7) is 2.53. The van der Waals surface area contributed by atoms with Gasteiger partial charge in [-0.2, -0.15) is 0 Å². The van der Waals surface area contributed by atoms with E-state index in [4.69, 9.17) is 32.7 Å². The van der Waals surface area contributed by atoms with Crippen LogP contribution in [0.2, 0.25) is 5.02 Å². The molecule has 0 amide bonds. The minimum atomic E-state index is 0.533. The van der Waals surface area contributed by atoms with Crippen molar-refractivity contribution in [2.45, 2.75) is 13.0 Å². The normalized spacial score (nSPS) is 11.3. The molecular formula is C14H18Cl2N2O2. The van der Waals surface area contributed by atoms with Crippen molar-refractivity contribution in [3.8, 4) is 0 Å². The molecule has 1 aromatic carbocycles. The first-order chi connectivity index (χ1) is 9.77. The summed E-state index contributed by atoms with van der Waals surface area (Å²) in [5, 5.41) is 0.664. The molecule has 0 aliphatic rings. The van der Waals surface area contributed by atoms with Crippen LogP contribution in [0.1, 0.15) is 5.82 Å². The van der Waals surface area contributed by atoms with Crippen molar-refractivity contribution in [3.05, 3.63) is 29.0 Å². The zero-order valence-corrected chi connectivity index (χ0v) is 13.0. The van der Waals surface area contributed by atoms with Gasteiger partial charge in [0.2, 0.25) is 0 Å². The van der Waals surface area contributed by atoms with Gasteiger partial charge < -0.3 is 14.0 Å². The summed E-state index contributed by atoms with van der Waals surface area (Å²) in [7, 11) is 1.66. The van der Waals surface area contributed by atoms with Crippen molar-refractivity contribution < 1.29 is 9.47 Å². The smallest absolute Gasteiger partial charge is 0.111 e. The number of aryl methyl sites for hydroxylation is 1. The molecule has 0 radical (unpaired) electrons. The molecule has 0 aliphatic heterocycles. The molecule has 0 N–H and O–H groups in total. The molecular weight excluding hydrogens is 299 g/mol. The number of hydrogen-bond acceptors (Lipinski definition) is 3. The van der Waals surface area contributed by atoms with Crippen molar-refractivity contribution in [2.75, 3.05) is 32.8 Å². The Labute approximate surface area is 128 Å². The van der Waals surface area contributed by atoms with E-state index in [0.29, 0.717) is 37.1 Å². The highest BCUT2D eigenvalue weighted by Crippen LogP contribution is 2.24. The molecule has 0 bridgehead atoms. The van der Waals surface area contributed by atoms with Crippen molar-refractivity contribution in [1.29, 1.82) is 0 Å². The Balaban J connectivity index is 2.16. The summed E-state index contributed by atoms with van der Waals surface area (Å²) in [5.41, 5.74) is 1.85. The lowest BCUT2D eigenvalue weighted by atomic mass is 10.3. The largest absolute Gasteiger partial charge is 0.382 e. The summed E-state index contributed by atoms with van der Waals surface area (Å²) < 4.78 is 12.6. The first kappa shape index (κ1) is 15.6. The number of alkyl halides is 1. The van der Waals surface area contributed by atoms with Crippen LogP contribution in [0.5, 0.6) is 0 Å². The predicted octanol–water partition coefficient (Wildman–Crippen LogP) is 3.13. The lowest BCUT2D eigenvalue weighted by Crippen LogP contribution is -2.12. The molecule has 0 atom stereocenters. The third-order valence-corrected chi connectivity index (χ3v) is 3.51. The van der Waals surface area contributed by atoms with Gasteiger partial charge in [-0.3, -0.25) is 0 Å². The van der Waals surface area contributed by atoms with E-state index in [1.807, 2.05) is 18.2 Å². The first-order valence-corrected chi connectivity index (χ1v) is 7.45. The van der Waals surface area contributed by atoms with Crippen LogP contribution in [0, 0.1) is 0 Å². The molecule has 20 heavy (non-hydrogen) atoms. The van der Waals surface area contributed by atoms with Crippen LogP contribution in [0.25, 0.3) is 11.0 Å². The monoisotopic (exact) mass is 316 g/mol. The highest BCUT2D eigenvalue weighted by molar-refractivity contribution is 6.34. The molecule has 0 aliphatic carbocycles. The number of halogens is 2. The summed E-state index contributed by atoms with van der Waals surface area (Å²) in [6.07, 6.45) is 0.713. The number of fused-ring (bicyclic) bond motifs is 1. The average molecular weight is 317 g/mol. The van der Waals surface area contributed by atoms with Gasteiger partial charge in [0.25, 0.3) is 0 Å². The van der Waals surface area contributed by atoms with Crippen LogP contribution in [-0.4, -0.2) is 42.4 Å². The second-order valence-corrected chi connectivity index (χ2v) is 5.12. The van der Waals surface area contributed by atoms with E-state index in [1.54, 1.807) is 7.11 Å². The number of benzene rings is 1. The molecule has 4 nitrogen and oxygen atoms in total. The number of methoxy groups -OCH3 is 1. The minimum Gasteiger partial charge on any atom is -0.382 e. The van der Waals surface area contributed by atoms with Gasteiger partial charge in [0.1, 0.15) is 11.3 Å². The van der Waals surface area contributed by atoms with Gasteiger partial charge in [-0.05, 0) is 12.1 Å². The zero-order valence-electron chi connectivity index (χ0n) is 11.4. The second kappa shape index (κ2) is 7.84. The van der Waals surface area contributed by atoms with E-state index in [1.165, 1.54) is 0 Å². The van der Waals surface area contributed by atoms with E-state index in [9.17, 15) is 0 Å². The highest BCUT2D eigenvalue weighted by Gasteiger charge is 2.12. The Hall–Kier alpha value is -0.810. The maximum absolute atomic E-state index is 6.19. The van der Waals surface area contributed by atoms with Crippen molar-refractivity contribution >= 4 is 34.2 Å². The molecule has 0 unspecified atom stereocenters. The Morgan fingerprint density at radius 2 is 2.10 bits per heavy atom. The van der Waals surface area contributed by atoms with Crippen LogP contribution in [0.4, 0.5) is 0 Å². The van der Waals surface area contributed by atoms with Crippen LogP contribution >= 0.6 is 23.2 Å². The number of para-hydroxylation sites is 1. The number of imidazole rings is 1. The molecule has 2 rings (SSSR count). The summed E-state index contributed by atoms with van der Waals surface area (Å²) in [5.74, 6) is 1.48. The lowest BCUT2D eigenvalue weighted by Gasteiger charge is -2.09. The zero-order chi connectivity index (χ0) is 14.4. The Morgan fingerprint density at radius 1 is 1.25 bits per heavy atom. The Bertz CT molecular complexity index is 557. The summed E-state index contributed by atoms with van der Waals surface area (Å²) >= 11 is 12.0. The van der Waals surface area contributed by atoms with Crippen LogP contribution in [0.15, 0.2) is 18.2 Å².